The normalized spacial score (nSPS) is 10.8. The quantitative estimate of drug-likeness (QED) is 0.689. The molecule has 0 amide bonds. The van der Waals surface area contributed by atoms with Gasteiger partial charge in [-0.3, -0.25) is 0 Å². The molecule has 16 heavy (non-hydrogen) atoms. The lowest BCUT2D eigenvalue weighted by Crippen LogP contribution is -1.84. The average Bonchev–Trinajstić information content (AvgIpc) is 2.96. The Morgan fingerprint density at radius 2 is 2.38 bits per heavy atom. The summed E-state index contributed by atoms with van der Waals surface area (Å²) in [5.74, 6) is 0.780. The maximum Gasteiger partial charge on any atom is 0.270 e. The molecule has 0 bridgehead atoms. The fraction of sp³-hybridized carbons (Fsp3) is 0. The summed E-state index contributed by atoms with van der Waals surface area (Å²) in [4.78, 5) is 4.95. The Labute approximate surface area is 93.3 Å². The molecule has 0 aromatic carbocycles. The van der Waals surface area contributed by atoms with Gasteiger partial charge in [-0.1, -0.05) is 5.16 Å². The molecule has 0 spiro atoms. The molecule has 7 nitrogen and oxygen atoms in total. The Balaban J connectivity index is 2.03. The topological polar surface area (TPSA) is 107 Å². The molecule has 0 aliphatic rings. The molecule has 0 fully saturated rings. The fourth-order valence-electron chi connectivity index (χ4n) is 1.22. The number of nitrogens with zero attached hydrogens (tertiary/aromatic N) is 4. The van der Waals surface area contributed by atoms with Gasteiger partial charge in [-0.25, -0.2) is 0 Å². The van der Waals surface area contributed by atoms with Crippen molar-refractivity contribution in [3.8, 4) is 22.3 Å². The van der Waals surface area contributed by atoms with E-state index in [-0.39, 0.29) is 0 Å². The van der Waals surface area contributed by atoms with Crippen LogP contribution in [-0.2, 0) is 0 Å². The number of rotatable bonds is 2. The highest BCUT2D eigenvalue weighted by molar-refractivity contribution is 7.14. The van der Waals surface area contributed by atoms with E-state index in [1.165, 1.54) is 17.5 Å². The number of nitrogen functional groups attached to an aromatic ring is 1. The minimum atomic E-state index is 0.386. The molecule has 0 saturated heterocycles. The van der Waals surface area contributed by atoms with Crippen LogP contribution >= 0.6 is 11.3 Å². The zero-order chi connectivity index (χ0) is 11.0. The average molecular weight is 234 g/mol. The number of hydrogen-bond donors (Lipinski definition) is 2. The van der Waals surface area contributed by atoms with Gasteiger partial charge in [0.1, 0.15) is 4.88 Å². The number of hydrogen-bond acceptors (Lipinski definition) is 7. The van der Waals surface area contributed by atoms with Crippen molar-refractivity contribution in [3.05, 3.63) is 17.6 Å². The van der Waals surface area contributed by atoms with Crippen LogP contribution in [0.5, 0.6) is 0 Å². The molecule has 3 aromatic rings. The summed E-state index contributed by atoms with van der Waals surface area (Å²) < 4.78 is 5.10. The van der Waals surface area contributed by atoms with Crippen molar-refractivity contribution in [1.82, 2.24) is 25.6 Å². The zero-order valence-electron chi connectivity index (χ0n) is 7.91. The predicted octanol–water partition coefficient (Wildman–Crippen LogP) is 1.17. The van der Waals surface area contributed by atoms with Gasteiger partial charge in [0, 0.05) is 0 Å². The summed E-state index contributed by atoms with van der Waals surface area (Å²) in [6, 6.07) is 1.79. The summed E-state index contributed by atoms with van der Waals surface area (Å²) in [5.41, 5.74) is 6.91. The van der Waals surface area contributed by atoms with Crippen molar-refractivity contribution in [1.29, 1.82) is 0 Å². The molecule has 8 heteroatoms. The Kier molecular flexibility index (Phi) is 1.93. The highest BCUT2D eigenvalue weighted by atomic mass is 32.1. The fourth-order valence-corrected chi connectivity index (χ4v) is 1.96. The van der Waals surface area contributed by atoms with Crippen molar-refractivity contribution in [3.63, 3.8) is 0 Å². The molecule has 0 atom stereocenters. The molecule has 0 radical (unpaired) electrons. The monoisotopic (exact) mass is 234 g/mol. The van der Waals surface area contributed by atoms with Gasteiger partial charge in [-0.2, -0.15) is 20.4 Å². The van der Waals surface area contributed by atoms with Gasteiger partial charge in [0.25, 0.3) is 5.89 Å². The minimum Gasteiger partial charge on any atom is -0.397 e. The van der Waals surface area contributed by atoms with E-state index >= 15 is 0 Å². The molecule has 80 valence electrons. The lowest BCUT2D eigenvalue weighted by Gasteiger charge is -1.88. The molecule has 0 unspecified atom stereocenters. The lowest BCUT2D eigenvalue weighted by atomic mass is 10.4. The SMILES string of the molecule is Nc1ccsc1-c1nc(-c2cn[nH]n2)no1. The van der Waals surface area contributed by atoms with E-state index in [9.17, 15) is 0 Å². The first-order chi connectivity index (χ1) is 7.84. The molecular weight excluding hydrogens is 228 g/mol. The Morgan fingerprint density at radius 1 is 1.44 bits per heavy atom. The smallest absolute Gasteiger partial charge is 0.270 e. The number of aromatic nitrogens is 5. The first-order valence-corrected chi connectivity index (χ1v) is 5.26. The number of nitrogens with one attached hydrogen (secondary N) is 1. The summed E-state index contributed by atoms with van der Waals surface area (Å²) in [7, 11) is 0. The highest BCUT2D eigenvalue weighted by Crippen LogP contribution is 2.30. The predicted molar refractivity (Wildman–Crippen MR) is 57.4 cm³/mol. The van der Waals surface area contributed by atoms with Gasteiger partial charge < -0.3 is 10.3 Å². The van der Waals surface area contributed by atoms with Crippen LogP contribution in [0.2, 0.25) is 0 Å². The third-order valence-electron chi connectivity index (χ3n) is 1.96. The van der Waals surface area contributed by atoms with Crippen LogP contribution in [0.3, 0.4) is 0 Å². The number of aromatic amines is 1. The molecule has 0 aliphatic carbocycles. The summed E-state index contributed by atoms with van der Waals surface area (Å²) in [6.45, 7) is 0. The van der Waals surface area contributed by atoms with E-state index in [0.717, 1.165) is 4.88 Å². The second kappa shape index (κ2) is 3.42. The van der Waals surface area contributed by atoms with Gasteiger partial charge in [-0.05, 0) is 11.4 Å². The second-order valence-corrected chi connectivity index (χ2v) is 3.90. The van der Waals surface area contributed by atoms with Crippen molar-refractivity contribution < 1.29 is 4.52 Å². The van der Waals surface area contributed by atoms with Crippen LogP contribution in [0, 0.1) is 0 Å². The van der Waals surface area contributed by atoms with Crippen LogP contribution in [-0.4, -0.2) is 25.6 Å². The van der Waals surface area contributed by atoms with Crippen LogP contribution in [0.25, 0.3) is 22.3 Å². The Bertz CT molecular complexity index is 598. The molecule has 3 rings (SSSR count). The number of H-pyrrole nitrogens is 1. The van der Waals surface area contributed by atoms with Crippen LogP contribution in [0.1, 0.15) is 0 Å². The van der Waals surface area contributed by atoms with E-state index < -0.39 is 0 Å². The largest absolute Gasteiger partial charge is 0.397 e. The first kappa shape index (κ1) is 9.04. The van der Waals surface area contributed by atoms with Crippen molar-refractivity contribution in [2.45, 2.75) is 0 Å². The van der Waals surface area contributed by atoms with Crippen molar-refractivity contribution >= 4 is 17.0 Å². The Hall–Kier alpha value is -2.22. The molecule has 3 aromatic heterocycles. The van der Waals surface area contributed by atoms with Gasteiger partial charge in [0.05, 0.1) is 11.9 Å². The number of nitrogens with two attached hydrogens (primary N) is 1. The summed E-state index contributed by atoms with van der Waals surface area (Å²) in [6.07, 6.45) is 1.52. The van der Waals surface area contributed by atoms with Gasteiger partial charge in [0.15, 0.2) is 5.69 Å². The van der Waals surface area contributed by atoms with E-state index in [1.54, 1.807) is 6.07 Å². The molecule has 0 aliphatic heterocycles. The van der Waals surface area contributed by atoms with Gasteiger partial charge in [-0.15, -0.1) is 11.3 Å². The number of anilines is 1. The van der Waals surface area contributed by atoms with Gasteiger partial charge in [0.2, 0.25) is 5.82 Å². The molecule has 3 heterocycles. The standard InChI is InChI=1S/C8H6N6OS/c9-4-1-2-16-6(4)8-11-7(13-15-8)5-3-10-14-12-5/h1-3H,9H2,(H,10,12,14). The lowest BCUT2D eigenvalue weighted by molar-refractivity contribution is 0.433. The van der Waals surface area contributed by atoms with E-state index in [4.69, 9.17) is 10.3 Å². The molecule has 0 saturated carbocycles. The van der Waals surface area contributed by atoms with Crippen molar-refractivity contribution in [2.75, 3.05) is 5.73 Å². The third-order valence-corrected chi connectivity index (χ3v) is 2.88. The zero-order valence-corrected chi connectivity index (χ0v) is 8.73. The Morgan fingerprint density at radius 3 is 3.06 bits per heavy atom. The summed E-state index contributed by atoms with van der Waals surface area (Å²) >= 11 is 1.45. The minimum absolute atomic E-state index is 0.386. The summed E-state index contributed by atoms with van der Waals surface area (Å²) in [5, 5.41) is 15.7. The van der Waals surface area contributed by atoms with E-state index in [2.05, 4.69) is 25.6 Å². The van der Waals surface area contributed by atoms with Crippen LogP contribution in [0.4, 0.5) is 5.69 Å². The maximum atomic E-state index is 5.75. The third kappa shape index (κ3) is 1.36. The van der Waals surface area contributed by atoms with Crippen LogP contribution < -0.4 is 5.73 Å². The van der Waals surface area contributed by atoms with Gasteiger partial charge >= 0.3 is 0 Å². The second-order valence-electron chi connectivity index (χ2n) is 2.98. The van der Waals surface area contributed by atoms with E-state index in [1.807, 2.05) is 5.38 Å². The first-order valence-electron chi connectivity index (χ1n) is 4.38. The van der Waals surface area contributed by atoms with Crippen LogP contribution in [0.15, 0.2) is 22.2 Å². The molecule has 3 N–H and O–H groups in total. The maximum absolute atomic E-state index is 5.75. The highest BCUT2D eigenvalue weighted by Gasteiger charge is 2.15. The van der Waals surface area contributed by atoms with E-state index in [0.29, 0.717) is 23.1 Å². The van der Waals surface area contributed by atoms with Crippen molar-refractivity contribution in [2.24, 2.45) is 0 Å². The number of thiophene rings is 1. The molecular formula is C8H6N6OS.